The van der Waals surface area contributed by atoms with E-state index in [0.29, 0.717) is 0 Å². The molecule has 0 amide bonds. The molecule has 0 aliphatic carbocycles. The molecule has 0 aromatic heterocycles. The van der Waals surface area contributed by atoms with Crippen LogP contribution in [0.5, 0.6) is 0 Å². The smallest absolute Gasteiger partial charge is 0.0967 e. The maximum absolute atomic E-state index is 9.63. The van der Waals surface area contributed by atoms with Crippen LogP contribution in [0, 0.1) is 20.5 Å². The molecule has 0 spiro atoms. The third-order valence-corrected chi connectivity index (χ3v) is 1.62. The van der Waals surface area contributed by atoms with Gasteiger partial charge in [-0.15, -0.1) is 5.34 Å². The fraction of sp³-hybridized carbons (Fsp3) is 0.500. The summed E-state index contributed by atoms with van der Waals surface area (Å²) in [5, 5.41) is 54.8. The van der Waals surface area contributed by atoms with Crippen molar-refractivity contribution in [1.82, 2.24) is 0 Å². The molecule has 0 unspecified atom stereocenters. The van der Waals surface area contributed by atoms with Gasteiger partial charge < -0.3 is 41.3 Å². The van der Waals surface area contributed by atoms with E-state index in [-0.39, 0.29) is 39.6 Å². The van der Waals surface area contributed by atoms with E-state index in [1.807, 2.05) is 0 Å². The molecule has 0 saturated heterocycles. The Bertz CT molecular complexity index is 304. The van der Waals surface area contributed by atoms with Crippen molar-refractivity contribution in [3.8, 4) is 0 Å². The Morgan fingerprint density at radius 3 is 1.00 bits per heavy atom. The summed E-state index contributed by atoms with van der Waals surface area (Å²) in [5.41, 5.74) is 0.903. The van der Waals surface area contributed by atoms with E-state index in [1.165, 1.54) is 27.7 Å². The molecule has 2 N–H and O–H groups in total. The number of oxime groups is 2. The molecule has 11 nitrogen and oxygen atoms in total. The minimum atomic E-state index is 0. The standard InChI is InChI=1S/2C4H8N2O2.Co.HNO2/c2*1-3(5-7)4(2)6-8;;2-1-3/h2*7-8H,1-2H3;;(H,2,3)/p-3/b2*5-3-,6-4-;;. The first-order valence-corrected chi connectivity index (χ1v) is 4.52. The summed E-state index contributed by atoms with van der Waals surface area (Å²) >= 11 is 0. The monoisotopic (exact) mass is 335 g/mol. The number of nitrogens with zero attached hydrogens (tertiary/aromatic N) is 5. The third-order valence-electron chi connectivity index (χ3n) is 1.62. The molecule has 119 valence electrons. The van der Waals surface area contributed by atoms with Gasteiger partial charge in [-0.1, -0.05) is 10.3 Å². The van der Waals surface area contributed by atoms with Crippen molar-refractivity contribution in [2.45, 2.75) is 27.7 Å². The number of hydrogen-bond donors (Lipinski definition) is 2. The van der Waals surface area contributed by atoms with Crippen molar-refractivity contribution < 1.29 is 27.2 Å². The average molecular weight is 335 g/mol. The van der Waals surface area contributed by atoms with Gasteiger partial charge in [0.05, 0.1) is 22.8 Å². The van der Waals surface area contributed by atoms with Crippen LogP contribution in [0.1, 0.15) is 27.7 Å². The maximum atomic E-state index is 9.63. The van der Waals surface area contributed by atoms with Crippen LogP contribution in [-0.4, -0.2) is 33.3 Å². The molecule has 0 aliphatic heterocycles. The summed E-state index contributed by atoms with van der Waals surface area (Å²) in [6.45, 7) is 5.94. The molecular weight excluding hydrogens is 321 g/mol. The van der Waals surface area contributed by atoms with Gasteiger partial charge in [-0.2, -0.15) is 0 Å². The van der Waals surface area contributed by atoms with E-state index in [9.17, 15) is 10.4 Å². The summed E-state index contributed by atoms with van der Waals surface area (Å²) in [5.74, 6) is 0. The van der Waals surface area contributed by atoms with Gasteiger partial charge in [0, 0.05) is 16.8 Å². The molecule has 0 atom stereocenters. The zero-order chi connectivity index (χ0) is 15.8. The van der Waals surface area contributed by atoms with Gasteiger partial charge in [0.15, 0.2) is 0 Å². The van der Waals surface area contributed by atoms with E-state index in [0.717, 1.165) is 5.34 Å². The first-order chi connectivity index (χ1) is 8.85. The minimum Gasteiger partial charge on any atom is -0.792 e. The van der Waals surface area contributed by atoms with E-state index < -0.39 is 0 Å². The van der Waals surface area contributed by atoms with Crippen LogP contribution in [0.15, 0.2) is 26.0 Å². The molecule has 20 heavy (non-hydrogen) atoms. The fourth-order valence-electron chi connectivity index (χ4n) is 0.277. The second-order valence-electron chi connectivity index (χ2n) is 2.80. The van der Waals surface area contributed by atoms with Gasteiger partial charge in [0.2, 0.25) is 0 Å². The van der Waals surface area contributed by atoms with Crippen molar-refractivity contribution in [2.24, 2.45) is 26.0 Å². The van der Waals surface area contributed by atoms with Crippen molar-refractivity contribution in [3.05, 3.63) is 20.5 Å². The Balaban J connectivity index is -0.000000103. The second kappa shape index (κ2) is 19.1. The van der Waals surface area contributed by atoms with Gasteiger partial charge in [-0.25, -0.2) is 0 Å². The molecular formula is C8H14CoN5O6-3. The van der Waals surface area contributed by atoms with Crippen molar-refractivity contribution >= 4 is 22.8 Å². The van der Waals surface area contributed by atoms with Crippen LogP contribution in [0.25, 0.3) is 0 Å². The Morgan fingerprint density at radius 2 is 0.950 bits per heavy atom. The Labute approximate surface area is 125 Å². The molecule has 12 heteroatoms. The zero-order valence-corrected chi connectivity index (χ0v) is 12.1. The summed E-state index contributed by atoms with van der Waals surface area (Å²) in [7, 11) is 0. The SMILES string of the molecule is CC(=N/[O-])/C(C)=N\O.CC(=N/[O-])/C(C)=N\O.O=N[O-].[Co]. The van der Waals surface area contributed by atoms with Gasteiger partial charge in [-0.3, -0.25) is 0 Å². The summed E-state index contributed by atoms with van der Waals surface area (Å²) in [4.78, 5) is 8.00. The van der Waals surface area contributed by atoms with E-state index >= 15 is 0 Å². The first-order valence-electron chi connectivity index (χ1n) is 4.52. The van der Waals surface area contributed by atoms with Crippen LogP contribution < -0.4 is 0 Å². The minimum absolute atomic E-state index is 0. The molecule has 1 radical (unpaired) electrons. The molecule has 0 heterocycles. The van der Waals surface area contributed by atoms with Crippen molar-refractivity contribution in [1.29, 1.82) is 0 Å². The van der Waals surface area contributed by atoms with E-state index in [4.69, 9.17) is 20.5 Å². The van der Waals surface area contributed by atoms with Crippen molar-refractivity contribution in [2.75, 3.05) is 0 Å². The molecule has 0 saturated carbocycles. The number of hydrogen-bond acceptors (Lipinski definition) is 11. The van der Waals surface area contributed by atoms with Gasteiger partial charge >= 0.3 is 0 Å². The normalized spacial score (nSPS) is 12.0. The summed E-state index contributed by atoms with van der Waals surface area (Å²) in [6.07, 6.45) is 0. The Kier molecular flexibility index (Phi) is 25.2. The van der Waals surface area contributed by atoms with Crippen LogP contribution in [0.2, 0.25) is 0 Å². The van der Waals surface area contributed by atoms with Crippen LogP contribution >= 0.6 is 0 Å². The molecule has 0 fully saturated rings. The van der Waals surface area contributed by atoms with Gasteiger partial charge in [0.1, 0.15) is 0 Å². The maximum Gasteiger partial charge on any atom is 0.0967 e. The van der Waals surface area contributed by atoms with E-state index in [1.54, 1.807) is 0 Å². The predicted molar refractivity (Wildman–Crippen MR) is 71.9 cm³/mol. The molecule has 0 bridgehead atoms. The zero-order valence-electron chi connectivity index (χ0n) is 11.1. The van der Waals surface area contributed by atoms with Crippen molar-refractivity contribution in [3.63, 3.8) is 0 Å². The molecule has 0 aliphatic rings. The van der Waals surface area contributed by atoms with Crippen LogP contribution in [0.4, 0.5) is 0 Å². The average Bonchev–Trinajstić information content (AvgIpc) is 2.45. The Hall–Kier alpha value is -2.21. The molecule has 0 aromatic carbocycles. The fourth-order valence-corrected chi connectivity index (χ4v) is 0.277. The second-order valence-corrected chi connectivity index (χ2v) is 2.80. The predicted octanol–water partition coefficient (Wildman–Crippen LogP) is 1.84. The molecule has 0 rings (SSSR count). The Morgan fingerprint density at radius 1 is 0.750 bits per heavy atom. The number of rotatable bonds is 2. The first kappa shape index (κ1) is 26.4. The summed E-state index contributed by atoms with van der Waals surface area (Å²) in [6, 6.07) is 0. The third kappa shape index (κ3) is 18.2. The van der Waals surface area contributed by atoms with Crippen LogP contribution in [-0.2, 0) is 16.8 Å². The molecule has 0 aromatic rings. The van der Waals surface area contributed by atoms with Gasteiger partial charge in [0.25, 0.3) is 0 Å². The largest absolute Gasteiger partial charge is 0.792 e. The summed E-state index contributed by atoms with van der Waals surface area (Å²) < 4.78 is 0. The van der Waals surface area contributed by atoms with Gasteiger partial charge in [-0.05, 0) is 27.7 Å². The van der Waals surface area contributed by atoms with E-state index in [2.05, 4.69) is 20.6 Å². The quantitative estimate of drug-likeness (QED) is 0.335. The van der Waals surface area contributed by atoms with Crippen LogP contribution in [0.3, 0.4) is 0 Å². The topological polar surface area (TPSA) is 189 Å².